The van der Waals surface area contributed by atoms with E-state index < -0.39 is 23.4 Å². The summed E-state index contributed by atoms with van der Waals surface area (Å²) in [5, 5.41) is 14.0. The van der Waals surface area contributed by atoms with Gasteiger partial charge in [-0.25, -0.2) is 9.97 Å². The zero-order chi connectivity index (χ0) is 21.6. The Balaban J connectivity index is 1.85. The zero-order valence-electron chi connectivity index (χ0n) is 16.6. The molecular formula is C19H22N4O5S. The summed E-state index contributed by atoms with van der Waals surface area (Å²) < 4.78 is 5.02. The highest BCUT2D eigenvalue weighted by molar-refractivity contribution is 7.98. The lowest BCUT2D eigenvalue weighted by Crippen LogP contribution is -2.21. The summed E-state index contributed by atoms with van der Waals surface area (Å²) in [4.78, 5) is 43.0. The summed E-state index contributed by atoms with van der Waals surface area (Å²) in [5.74, 6) is -1.02. The molecule has 0 aliphatic rings. The van der Waals surface area contributed by atoms with Crippen LogP contribution >= 0.6 is 11.8 Å². The number of non-ortho nitro benzene ring substituents is 1. The minimum absolute atomic E-state index is 0.0629. The Bertz CT molecular complexity index is 925. The van der Waals surface area contributed by atoms with Crippen molar-refractivity contribution in [3.8, 4) is 0 Å². The van der Waals surface area contributed by atoms with Gasteiger partial charge in [0.2, 0.25) is 0 Å². The van der Waals surface area contributed by atoms with Crippen molar-refractivity contribution in [2.45, 2.75) is 38.8 Å². The largest absolute Gasteiger partial charge is 0.456 e. The van der Waals surface area contributed by atoms with Crippen LogP contribution in [0.15, 0.2) is 23.4 Å². The molecule has 2 aromatic rings. The highest BCUT2D eigenvalue weighted by atomic mass is 32.2. The van der Waals surface area contributed by atoms with E-state index in [4.69, 9.17) is 4.74 Å². The standard InChI is InChI=1S/C19H22N4O5S/c1-11-9-14(23(26)27)5-7-16(11)22-17(24)10-28-18(25)8-6-15-12(2)20-19(29-4)21-13(15)3/h5,7,9H,6,8,10H2,1-4H3,(H,22,24). The number of nitrogens with zero attached hydrogens (tertiary/aromatic N) is 3. The van der Waals surface area contributed by atoms with Crippen LogP contribution in [0.2, 0.25) is 0 Å². The number of aryl methyl sites for hydroxylation is 3. The summed E-state index contributed by atoms with van der Waals surface area (Å²) in [6, 6.07) is 4.09. The first-order chi connectivity index (χ1) is 13.7. The van der Waals surface area contributed by atoms with Gasteiger partial charge in [-0.3, -0.25) is 19.7 Å². The lowest BCUT2D eigenvalue weighted by molar-refractivity contribution is -0.384. The molecule has 0 aliphatic carbocycles. The predicted molar refractivity (Wildman–Crippen MR) is 109 cm³/mol. The molecule has 0 spiro atoms. The Morgan fingerprint density at radius 2 is 1.86 bits per heavy atom. The van der Waals surface area contributed by atoms with Crippen molar-refractivity contribution in [1.29, 1.82) is 0 Å². The van der Waals surface area contributed by atoms with Crippen molar-refractivity contribution in [3.05, 3.63) is 50.8 Å². The predicted octanol–water partition coefficient (Wildman–Crippen LogP) is 3.15. The molecule has 0 saturated heterocycles. The minimum atomic E-state index is -0.518. The van der Waals surface area contributed by atoms with Crippen molar-refractivity contribution in [2.24, 2.45) is 0 Å². The average molecular weight is 418 g/mol. The molecule has 1 amide bonds. The number of hydrogen-bond acceptors (Lipinski definition) is 8. The number of aromatic nitrogens is 2. The Morgan fingerprint density at radius 3 is 2.41 bits per heavy atom. The van der Waals surface area contributed by atoms with Crippen molar-refractivity contribution < 1.29 is 19.2 Å². The zero-order valence-corrected chi connectivity index (χ0v) is 17.5. The number of nitro benzene ring substituents is 1. The summed E-state index contributed by atoms with van der Waals surface area (Å²) in [5.41, 5.74) is 3.44. The first-order valence-corrected chi connectivity index (χ1v) is 10.0. The van der Waals surface area contributed by atoms with Gasteiger partial charge in [0.05, 0.1) is 4.92 Å². The van der Waals surface area contributed by atoms with Crippen LogP contribution < -0.4 is 5.32 Å². The number of amides is 1. The van der Waals surface area contributed by atoms with Crippen LogP contribution in [0.1, 0.15) is 28.9 Å². The van der Waals surface area contributed by atoms with E-state index in [-0.39, 0.29) is 12.1 Å². The third-order valence-corrected chi connectivity index (χ3v) is 4.77. The molecule has 0 radical (unpaired) electrons. The van der Waals surface area contributed by atoms with Crippen molar-refractivity contribution in [2.75, 3.05) is 18.2 Å². The lowest BCUT2D eigenvalue weighted by Gasteiger charge is -2.11. The maximum absolute atomic E-state index is 12.0. The topological polar surface area (TPSA) is 124 Å². The van der Waals surface area contributed by atoms with E-state index in [1.165, 1.54) is 30.0 Å². The van der Waals surface area contributed by atoms with Gasteiger partial charge in [0.15, 0.2) is 11.8 Å². The Hall–Kier alpha value is -3.01. The molecule has 29 heavy (non-hydrogen) atoms. The molecule has 1 N–H and O–H groups in total. The number of esters is 1. The molecule has 1 heterocycles. The molecular weight excluding hydrogens is 396 g/mol. The summed E-state index contributed by atoms with van der Waals surface area (Å²) in [6.07, 6.45) is 2.43. The Labute approximate surface area is 172 Å². The average Bonchev–Trinajstić information content (AvgIpc) is 2.66. The van der Waals surface area contributed by atoms with Gasteiger partial charge >= 0.3 is 5.97 Å². The maximum Gasteiger partial charge on any atom is 0.306 e. The molecule has 0 atom stereocenters. The van der Waals surface area contributed by atoms with Gasteiger partial charge in [-0.2, -0.15) is 0 Å². The normalized spacial score (nSPS) is 10.5. The van der Waals surface area contributed by atoms with E-state index in [0.29, 0.717) is 22.8 Å². The van der Waals surface area contributed by atoms with Gasteiger partial charge in [0, 0.05) is 35.6 Å². The second-order valence-electron chi connectivity index (χ2n) is 6.32. The van der Waals surface area contributed by atoms with Gasteiger partial charge in [-0.05, 0) is 50.6 Å². The van der Waals surface area contributed by atoms with Crippen LogP contribution in [0.25, 0.3) is 0 Å². The van der Waals surface area contributed by atoms with Gasteiger partial charge in [0.1, 0.15) is 0 Å². The smallest absolute Gasteiger partial charge is 0.306 e. The van der Waals surface area contributed by atoms with Gasteiger partial charge in [-0.15, -0.1) is 0 Å². The molecule has 0 aliphatic heterocycles. The lowest BCUT2D eigenvalue weighted by atomic mass is 10.1. The van der Waals surface area contributed by atoms with E-state index in [2.05, 4.69) is 15.3 Å². The monoisotopic (exact) mass is 418 g/mol. The van der Waals surface area contributed by atoms with Crippen molar-refractivity contribution in [1.82, 2.24) is 9.97 Å². The molecule has 2 rings (SSSR count). The fourth-order valence-corrected chi connectivity index (χ4v) is 3.15. The molecule has 1 aromatic carbocycles. The highest BCUT2D eigenvalue weighted by Crippen LogP contribution is 2.21. The van der Waals surface area contributed by atoms with E-state index >= 15 is 0 Å². The first-order valence-electron chi connectivity index (χ1n) is 8.80. The number of ether oxygens (including phenoxy) is 1. The fourth-order valence-electron chi connectivity index (χ4n) is 2.70. The molecule has 0 fully saturated rings. The maximum atomic E-state index is 12.0. The first kappa shape index (κ1) is 22.3. The van der Waals surface area contributed by atoms with E-state index in [9.17, 15) is 19.7 Å². The number of hydrogen-bond donors (Lipinski definition) is 1. The summed E-state index contributed by atoms with van der Waals surface area (Å²) in [7, 11) is 0. The molecule has 0 bridgehead atoms. The second-order valence-corrected chi connectivity index (χ2v) is 7.10. The minimum Gasteiger partial charge on any atom is -0.456 e. The number of carbonyl (C=O) groups is 2. The number of benzene rings is 1. The summed E-state index contributed by atoms with van der Waals surface area (Å²) >= 11 is 1.45. The highest BCUT2D eigenvalue weighted by Gasteiger charge is 2.14. The molecule has 9 nitrogen and oxygen atoms in total. The van der Waals surface area contributed by atoms with Crippen LogP contribution in [0, 0.1) is 30.9 Å². The Kier molecular flexibility index (Phi) is 7.66. The number of nitrogens with one attached hydrogen (secondary N) is 1. The van der Waals surface area contributed by atoms with Crippen LogP contribution in [-0.2, 0) is 20.7 Å². The molecule has 154 valence electrons. The molecule has 10 heteroatoms. The van der Waals surface area contributed by atoms with Crippen LogP contribution in [0.3, 0.4) is 0 Å². The Morgan fingerprint density at radius 1 is 1.21 bits per heavy atom. The quantitative estimate of drug-likeness (QED) is 0.228. The number of anilines is 1. The van der Waals surface area contributed by atoms with Gasteiger partial charge in [0.25, 0.3) is 11.6 Å². The SMILES string of the molecule is CSc1nc(C)c(CCC(=O)OCC(=O)Nc2ccc([N+](=O)[O-])cc2C)c(C)n1. The molecule has 1 aromatic heterocycles. The van der Waals surface area contributed by atoms with Crippen LogP contribution in [0.5, 0.6) is 0 Å². The second kappa shape index (κ2) is 9.97. The van der Waals surface area contributed by atoms with Crippen LogP contribution in [-0.4, -0.2) is 39.6 Å². The van der Waals surface area contributed by atoms with E-state index in [0.717, 1.165) is 17.0 Å². The van der Waals surface area contributed by atoms with E-state index in [1.807, 2.05) is 20.1 Å². The van der Waals surface area contributed by atoms with Crippen LogP contribution in [0.4, 0.5) is 11.4 Å². The number of nitro groups is 1. The molecule has 0 saturated carbocycles. The van der Waals surface area contributed by atoms with Gasteiger partial charge < -0.3 is 10.1 Å². The van der Waals surface area contributed by atoms with E-state index in [1.54, 1.807) is 6.92 Å². The number of carbonyl (C=O) groups excluding carboxylic acids is 2. The molecule has 0 unspecified atom stereocenters. The summed E-state index contributed by atoms with van der Waals surface area (Å²) in [6.45, 7) is 4.95. The van der Waals surface area contributed by atoms with Crippen molar-refractivity contribution >= 4 is 35.0 Å². The number of rotatable bonds is 8. The van der Waals surface area contributed by atoms with Gasteiger partial charge in [-0.1, -0.05) is 11.8 Å². The van der Waals surface area contributed by atoms with Crippen molar-refractivity contribution in [3.63, 3.8) is 0 Å². The number of thioether (sulfide) groups is 1. The fraction of sp³-hybridized carbons (Fsp3) is 0.368. The third kappa shape index (κ3) is 6.24. The third-order valence-electron chi connectivity index (χ3n) is 4.22.